The highest BCUT2D eigenvalue weighted by Gasteiger charge is 2.55. The van der Waals surface area contributed by atoms with Crippen LogP contribution in [0.15, 0.2) is 23.1 Å². The average molecular weight is 354 g/mol. The molecule has 1 N–H and O–H groups in total. The molecule has 1 spiro atoms. The minimum absolute atomic E-state index is 0.0889. The summed E-state index contributed by atoms with van der Waals surface area (Å²) >= 11 is 0. The molecule has 0 radical (unpaired) electrons. The first kappa shape index (κ1) is 17.3. The summed E-state index contributed by atoms with van der Waals surface area (Å²) in [7, 11) is -2.27. The molecule has 2 aliphatic heterocycles. The Bertz CT molecular complexity index is 741. The van der Waals surface area contributed by atoms with Crippen molar-refractivity contribution in [3.63, 3.8) is 0 Å². The highest BCUT2D eigenvalue weighted by molar-refractivity contribution is 7.89. The van der Waals surface area contributed by atoms with Crippen LogP contribution in [0, 0.1) is 0 Å². The quantitative estimate of drug-likeness (QED) is 0.862. The zero-order valence-electron chi connectivity index (χ0n) is 13.9. The van der Waals surface area contributed by atoms with Gasteiger partial charge in [0.1, 0.15) is 0 Å². The van der Waals surface area contributed by atoms with Crippen molar-refractivity contribution in [3.05, 3.63) is 23.8 Å². The number of benzene rings is 1. The fourth-order valence-electron chi connectivity index (χ4n) is 3.05. The molecule has 3 rings (SSSR count). The van der Waals surface area contributed by atoms with Gasteiger partial charge in [-0.05, 0) is 38.1 Å². The van der Waals surface area contributed by atoms with Crippen molar-refractivity contribution in [2.45, 2.75) is 36.9 Å². The number of carbonyl (C=O) groups excluding carboxylic acids is 1. The molecule has 1 fully saturated rings. The van der Waals surface area contributed by atoms with Crippen molar-refractivity contribution in [1.29, 1.82) is 0 Å². The molecule has 0 unspecified atom stereocenters. The monoisotopic (exact) mass is 354 g/mol. The van der Waals surface area contributed by atoms with Gasteiger partial charge in [0.15, 0.2) is 0 Å². The molecule has 132 valence electrons. The van der Waals surface area contributed by atoms with Crippen LogP contribution in [-0.2, 0) is 30.1 Å². The molecule has 1 aromatic carbocycles. The van der Waals surface area contributed by atoms with Crippen LogP contribution in [0.4, 0.5) is 5.69 Å². The number of nitrogens with one attached hydrogen (secondary N) is 1. The lowest BCUT2D eigenvalue weighted by Gasteiger charge is -2.32. The van der Waals surface area contributed by atoms with Crippen LogP contribution in [0.3, 0.4) is 0 Å². The van der Waals surface area contributed by atoms with Crippen LogP contribution < -0.4 is 9.62 Å². The van der Waals surface area contributed by atoms with E-state index in [4.69, 9.17) is 9.47 Å². The van der Waals surface area contributed by atoms with Gasteiger partial charge in [-0.15, -0.1) is 0 Å². The van der Waals surface area contributed by atoms with Crippen molar-refractivity contribution in [2.24, 2.45) is 0 Å². The Balaban J connectivity index is 2.12. The van der Waals surface area contributed by atoms with Gasteiger partial charge in [-0.1, -0.05) is 13.3 Å². The molecule has 0 saturated carbocycles. The smallest absolute Gasteiger partial charge is 0.292 e. The molecule has 0 aliphatic carbocycles. The summed E-state index contributed by atoms with van der Waals surface area (Å²) in [4.78, 5) is 14.7. The van der Waals surface area contributed by atoms with E-state index in [-0.39, 0.29) is 10.8 Å². The maximum atomic E-state index is 13.0. The number of fused-ring (bicyclic) bond motifs is 2. The molecule has 0 aromatic heterocycles. The van der Waals surface area contributed by atoms with E-state index in [1.807, 2.05) is 6.92 Å². The highest BCUT2D eigenvalue weighted by Crippen LogP contribution is 2.46. The van der Waals surface area contributed by atoms with Crippen LogP contribution in [0.1, 0.15) is 31.7 Å². The maximum absolute atomic E-state index is 13.0. The van der Waals surface area contributed by atoms with E-state index in [1.54, 1.807) is 11.0 Å². The fourth-order valence-corrected chi connectivity index (χ4v) is 3.81. The van der Waals surface area contributed by atoms with E-state index in [1.165, 1.54) is 19.2 Å². The average Bonchev–Trinajstić information content (AvgIpc) is 2.82. The molecular formula is C16H22N2O5S. The van der Waals surface area contributed by atoms with Crippen LogP contribution >= 0.6 is 0 Å². The van der Waals surface area contributed by atoms with Gasteiger partial charge < -0.3 is 14.4 Å². The minimum Gasteiger partial charge on any atom is -0.338 e. The molecule has 8 heteroatoms. The van der Waals surface area contributed by atoms with Gasteiger partial charge in [0, 0.05) is 12.1 Å². The number of hydrogen-bond acceptors (Lipinski definition) is 5. The van der Waals surface area contributed by atoms with Gasteiger partial charge >= 0.3 is 0 Å². The van der Waals surface area contributed by atoms with E-state index in [0.717, 1.165) is 12.8 Å². The second-order valence-corrected chi connectivity index (χ2v) is 7.75. The zero-order valence-corrected chi connectivity index (χ0v) is 14.7. The number of unbranched alkanes of at least 4 members (excludes halogenated alkanes) is 1. The van der Waals surface area contributed by atoms with Gasteiger partial charge in [-0.2, -0.15) is 0 Å². The molecule has 0 bridgehead atoms. The second-order valence-electron chi connectivity index (χ2n) is 5.86. The third-order valence-electron chi connectivity index (χ3n) is 4.35. The second kappa shape index (κ2) is 6.44. The molecule has 24 heavy (non-hydrogen) atoms. The third kappa shape index (κ3) is 2.63. The lowest BCUT2D eigenvalue weighted by atomic mass is 10.1. The van der Waals surface area contributed by atoms with Crippen molar-refractivity contribution < 1.29 is 22.7 Å². The molecule has 0 atom stereocenters. The number of carbonyl (C=O) groups is 1. The molecular weight excluding hydrogens is 332 g/mol. The lowest BCUT2D eigenvalue weighted by molar-refractivity contribution is -0.256. The molecule has 1 saturated heterocycles. The summed E-state index contributed by atoms with van der Waals surface area (Å²) in [6.45, 7) is 3.40. The lowest BCUT2D eigenvalue weighted by Crippen LogP contribution is -2.47. The topological polar surface area (TPSA) is 84.9 Å². The predicted octanol–water partition coefficient (Wildman–Crippen LogP) is 1.33. The summed E-state index contributed by atoms with van der Waals surface area (Å²) in [5.74, 6) is -1.79. The molecule has 2 aliphatic rings. The summed E-state index contributed by atoms with van der Waals surface area (Å²) in [5, 5.41) is 0. The Morgan fingerprint density at radius 2 is 2.00 bits per heavy atom. The van der Waals surface area contributed by atoms with Gasteiger partial charge in [0.25, 0.3) is 11.7 Å². The van der Waals surface area contributed by atoms with Crippen LogP contribution in [0.25, 0.3) is 0 Å². The standard InChI is InChI=1S/C16H22N2O5S/c1-3-4-8-18-14-7-6-12(24(20,21)17-2)11-13(14)16(15(18)19)22-9-5-10-23-16/h6-7,11,17H,3-5,8-10H2,1-2H3. The first-order chi connectivity index (χ1) is 11.5. The van der Waals surface area contributed by atoms with E-state index < -0.39 is 15.8 Å². The van der Waals surface area contributed by atoms with Crippen molar-refractivity contribution in [1.82, 2.24) is 4.72 Å². The van der Waals surface area contributed by atoms with Crippen LogP contribution in [0.5, 0.6) is 0 Å². The number of anilines is 1. The Morgan fingerprint density at radius 3 is 2.62 bits per heavy atom. The number of nitrogens with zero attached hydrogens (tertiary/aromatic N) is 1. The fraction of sp³-hybridized carbons (Fsp3) is 0.562. The first-order valence-electron chi connectivity index (χ1n) is 8.14. The Morgan fingerprint density at radius 1 is 1.29 bits per heavy atom. The van der Waals surface area contributed by atoms with Crippen LogP contribution in [-0.4, -0.2) is 41.1 Å². The van der Waals surface area contributed by atoms with E-state index >= 15 is 0 Å². The Kier molecular flexibility index (Phi) is 4.65. The molecule has 1 aromatic rings. The van der Waals surface area contributed by atoms with E-state index in [0.29, 0.717) is 37.4 Å². The first-order valence-corrected chi connectivity index (χ1v) is 9.62. The van der Waals surface area contributed by atoms with E-state index in [9.17, 15) is 13.2 Å². The summed E-state index contributed by atoms with van der Waals surface area (Å²) in [5.41, 5.74) is 1.13. The maximum Gasteiger partial charge on any atom is 0.292 e. The largest absolute Gasteiger partial charge is 0.338 e. The SMILES string of the molecule is CCCCN1C(=O)C2(OCCCO2)c2cc(S(=O)(=O)NC)ccc21. The highest BCUT2D eigenvalue weighted by atomic mass is 32.2. The third-order valence-corrected chi connectivity index (χ3v) is 5.77. The van der Waals surface area contributed by atoms with Crippen molar-refractivity contribution >= 4 is 21.6 Å². The van der Waals surface area contributed by atoms with E-state index in [2.05, 4.69) is 4.72 Å². The normalized spacial score (nSPS) is 19.8. The zero-order chi connectivity index (χ0) is 17.4. The minimum atomic E-state index is -3.62. The van der Waals surface area contributed by atoms with Crippen molar-refractivity contribution in [3.8, 4) is 0 Å². The molecule has 1 amide bonds. The number of amides is 1. The molecule has 2 heterocycles. The van der Waals surface area contributed by atoms with Gasteiger partial charge in [-0.3, -0.25) is 4.79 Å². The van der Waals surface area contributed by atoms with Gasteiger partial charge in [0.05, 0.1) is 23.8 Å². The number of ether oxygens (including phenoxy) is 2. The molecule has 7 nitrogen and oxygen atoms in total. The number of sulfonamides is 1. The predicted molar refractivity (Wildman–Crippen MR) is 88.1 cm³/mol. The Hall–Kier alpha value is -1.48. The summed E-state index contributed by atoms with van der Waals surface area (Å²) in [6.07, 6.45) is 2.49. The van der Waals surface area contributed by atoms with Crippen LogP contribution in [0.2, 0.25) is 0 Å². The Labute approximate surface area is 142 Å². The van der Waals surface area contributed by atoms with Crippen molar-refractivity contribution in [2.75, 3.05) is 31.7 Å². The number of hydrogen-bond donors (Lipinski definition) is 1. The summed E-state index contributed by atoms with van der Waals surface area (Å²) < 4.78 is 38.0. The van der Waals surface area contributed by atoms with Gasteiger partial charge in [-0.25, -0.2) is 13.1 Å². The number of rotatable bonds is 5. The van der Waals surface area contributed by atoms with Gasteiger partial charge in [0.2, 0.25) is 10.0 Å². The summed E-state index contributed by atoms with van der Waals surface area (Å²) in [6, 6.07) is 4.64.